The first kappa shape index (κ1) is 16.5. The van der Waals surface area contributed by atoms with E-state index in [1.54, 1.807) is 6.20 Å². The van der Waals surface area contributed by atoms with Crippen molar-refractivity contribution in [2.45, 2.75) is 44.9 Å². The van der Waals surface area contributed by atoms with E-state index in [0.717, 1.165) is 43.5 Å². The van der Waals surface area contributed by atoms with Crippen LogP contribution in [0.1, 0.15) is 44.2 Å². The number of nitrogens with zero attached hydrogens (tertiary/aromatic N) is 4. The molecule has 1 saturated heterocycles. The van der Waals surface area contributed by atoms with Crippen LogP contribution >= 0.6 is 0 Å². The van der Waals surface area contributed by atoms with E-state index in [1.807, 2.05) is 16.6 Å². The summed E-state index contributed by atoms with van der Waals surface area (Å²) in [6.07, 6.45) is 9.19. The van der Waals surface area contributed by atoms with Crippen LogP contribution in [0.3, 0.4) is 0 Å². The third-order valence-electron chi connectivity index (χ3n) is 5.35. The Bertz CT molecular complexity index is 730. The Kier molecular flexibility index (Phi) is 4.97. The molecule has 0 atom stereocenters. The fraction of sp³-hybridized carbons (Fsp3) is 0.632. The maximum Gasteiger partial charge on any atom is 0.157 e. The molecule has 0 bridgehead atoms. The molecule has 0 N–H and O–H groups in total. The highest BCUT2D eigenvalue weighted by atomic mass is 16.5. The fourth-order valence-electron chi connectivity index (χ4n) is 4.04. The molecule has 2 aromatic heterocycles. The first-order valence-electron chi connectivity index (χ1n) is 9.47. The van der Waals surface area contributed by atoms with E-state index in [2.05, 4.69) is 15.0 Å². The Morgan fingerprint density at radius 3 is 2.80 bits per heavy atom. The van der Waals surface area contributed by atoms with E-state index >= 15 is 0 Å². The zero-order chi connectivity index (χ0) is 17.1. The van der Waals surface area contributed by atoms with Crippen LogP contribution < -0.4 is 4.90 Å². The molecule has 2 aliphatic rings. The van der Waals surface area contributed by atoms with Crippen molar-refractivity contribution in [3.05, 3.63) is 24.0 Å². The SMILES string of the molecule is O=C(Cc1cc(N2CCOCC2)n2nccc2n1)CC1CCCCC1. The molecule has 1 aliphatic heterocycles. The number of Topliss-reactive ketones (excluding diaryl/α,β-unsaturated/α-hetero) is 1. The molecular formula is C19H26N4O2. The standard InChI is InChI=1S/C19H26N4O2/c24-17(12-15-4-2-1-3-5-15)13-16-14-19(22-8-10-25-11-9-22)23-18(21-16)6-7-20-23/h6-7,14-15H,1-5,8-13H2. The largest absolute Gasteiger partial charge is 0.378 e. The van der Waals surface area contributed by atoms with Gasteiger partial charge in [0.25, 0.3) is 0 Å². The number of anilines is 1. The molecule has 134 valence electrons. The van der Waals surface area contributed by atoms with Gasteiger partial charge in [0.05, 0.1) is 25.1 Å². The van der Waals surface area contributed by atoms with Gasteiger partial charge in [0, 0.05) is 38.1 Å². The van der Waals surface area contributed by atoms with Gasteiger partial charge in [0.15, 0.2) is 5.65 Å². The number of aromatic nitrogens is 3. The van der Waals surface area contributed by atoms with Crippen molar-refractivity contribution >= 4 is 17.2 Å². The highest BCUT2D eigenvalue weighted by molar-refractivity contribution is 5.81. The minimum Gasteiger partial charge on any atom is -0.378 e. The second-order valence-corrected chi connectivity index (χ2v) is 7.23. The number of morpholine rings is 1. The van der Waals surface area contributed by atoms with Crippen LogP contribution in [0.2, 0.25) is 0 Å². The first-order chi connectivity index (χ1) is 12.3. The zero-order valence-electron chi connectivity index (χ0n) is 14.7. The van der Waals surface area contributed by atoms with E-state index in [9.17, 15) is 4.79 Å². The lowest BCUT2D eigenvalue weighted by atomic mass is 9.85. The van der Waals surface area contributed by atoms with Gasteiger partial charge in [-0.2, -0.15) is 9.61 Å². The van der Waals surface area contributed by atoms with Crippen LogP contribution in [0.4, 0.5) is 5.82 Å². The molecule has 25 heavy (non-hydrogen) atoms. The molecule has 0 aromatic carbocycles. The van der Waals surface area contributed by atoms with Crippen molar-refractivity contribution in [3.63, 3.8) is 0 Å². The summed E-state index contributed by atoms with van der Waals surface area (Å²) >= 11 is 0. The van der Waals surface area contributed by atoms with Crippen molar-refractivity contribution in [1.29, 1.82) is 0 Å². The Hall–Kier alpha value is -1.95. The Morgan fingerprint density at radius 2 is 2.00 bits per heavy atom. The second kappa shape index (κ2) is 7.52. The van der Waals surface area contributed by atoms with Crippen molar-refractivity contribution in [3.8, 4) is 0 Å². The summed E-state index contributed by atoms with van der Waals surface area (Å²) in [6.45, 7) is 3.13. The molecule has 2 fully saturated rings. The maximum atomic E-state index is 12.5. The molecule has 0 spiro atoms. The average Bonchev–Trinajstić information content (AvgIpc) is 3.11. The molecule has 6 heteroatoms. The lowest BCUT2D eigenvalue weighted by molar-refractivity contribution is -0.119. The lowest BCUT2D eigenvalue weighted by Gasteiger charge is -2.29. The van der Waals surface area contributed by atoms with E-state index < -0.39 is 0 Å². The summed E-state index contributed by atoms with van der Waals surface area (Å²) in [5, 5.41) is 4.39. The van der Waals surface area contributed by atoms with Crippen LogP contribution in [0.5, 0.6) is 0 Å². The minimum absolute atomic E-state index is 0.316. The Labute approximate surface area is 148 Å². The number of rotatable bonds is 5. The molecule has 0 unspecified atom stereocenters. The van der Waals surface area contributed by atoms with Crippen molar-refractivity contribution in [1.82, 2.24) is 14.6 Å². The van der Waals surface area contributed by atoms with Crippen LogP contribution in [-0.4, -0.2) is 46.7 Å². The topological polar surface area (TPSA) is 59.7 Å². The van der Waals surface area contributed by atoms with Gasteiger partial charge in [0.2, 0.25) is 0 Å². The predicted octanol–water partition coefficient (Wildman–Crippen LogP) is 2.65. The number of carbonyl (C=O) groups excluding carboxylic acids is 1. The third kappa shape index (κ3) is 3.84. The molecule has 4 rings (SSSR count). The zero-order valence-corrected chi connectivity index (χ0v) is 14.7. The molecule has 3 heterocycles. The van der Waals surface area contributed by atoms with Gasteiger partial charge in [0.1, 0.15) is 11.6 Å². The van der Waals surface area contributed by atoms with E-state index in [-0.39, 0.29) is 0 Å². The van der Waals surface area contributed by atoms with Gasteiger partial charge >= 0.3 is 0 Å². The highest BCUT2D eigenvalue weighted by Gasteiger charge is 2.20. The van der Waals surface area contributed by atoms with Crippen molar-refractivity contribution in [2.75, 3.05) is 31.2 Å². The van der Waals surface area contributed by atoms with Crippen molar-refractivity contribution < 1.29 is 9.53 Å². The smallest absolute Gasteiger partial charge is 0.157 e. The molecule has 0 radical (unpaired) electrons. The van der Waals surface area contributed by atoms with E-state index in [1.165, 1.54) is 32.1 Å². The summed E-state index contributed by atoms with van der Waals surface area (Å²) in [7, 11) is 0. The third-order valence-corrected chi connectivity index (χ3v) is 5.35. The summed E-state index contributed by atoms with van der Waals surface area (Å²) in [4.78, 5) is 19.5. The fourth-order valence-corrected chi connectivity index (χ4v) is 4.04. The summed E-state index contributed by atoms with van der Waals surface area (Å²) in [5.74, 6) is 1.91. The Balaban J connectivity index is 1.51. The quantitative estimate of drug-likeness (QED) is 0.836. The van der Waals surface area contributed by atoms with Gasteiger partial charge in [-0.25, -0.2) is 4.98 Å². The van der Waals surface area contributed by atoms with Crippen LogP contribution in [0.25, 0.3) is 5.65 Å². The highest BCUT2D eigenvalue weighted by Crippen LogP contribution is 2.27. The van der Waals surface area contributed by atoms with Gasteiger partial charge in [-0.15, -0.1) is 0 Å². The summed E-state index contributed by atoms with van der Waals surface area (Å²) in [6, 6.07) is 3.93. The number of ketones is 1. The average molecular weight is 342 g/mol. The number of carbonyl (C=O) groups is 1. The molecule has 1 aliphatic carbocycles. The monoisotopic (exact) mass is 342 g/mol. The molecule has 2 aromatic rings. The lowest BCUT2D eigenvalue weighted by Crippen LogP contribution is -2.37. The summed E-state index contributed by atoms with van der Waals surface area (Å²) < 4.78 is 7.31. The molecular weight excluding hydrogens is 316 g/mol. The van der Waals surface area contributed by atoms with Gasteiger partial charge in [-0.3, -0.25) is 4.79 Å². The van der Waals surface area contributed by atoms with Crippen molar-refractivity contribution in [2.24, 2.45) is 5.92 Å². The molecule has 6 nitrogen and oxygen atoms in total. The number of ether oxygens (including phenoxy) is 1. The van der Waals surface area contributed by atoms with E-state index in [0.29, 0.717) is 24.5 Å². The Morgan fingerprint density at radius 1 is 1.20 bits per heavy atom. The maximum absolute atomic E-state index is 12.5. The molecule has 1 saturated carbocycles. The van der Waals surface area contributed by atoms with Gasteiger partial charge in [-0.1, -0.05) is 32.1 Å². The van der Waals surface area contributed by atoms with Crippen LogP contribution in [0.15, 0.2) is 18.3 Å². The second-order valence-electron chi connectivity index (χ2n) is 7.23. The van der Waals surface area contributed by atoms with Crippen LogP contribution in [-0.2, 0) is 16.0 Å². The minimum atomic E-state index is 0.316. The normalized spacial score (nSPS) is 19.4. The van der Waals surface area contributed by atoms with E-state index in [4.69, 9.17) is 4.74 Å². The number of fused-ring (bicyclic) bond motifs is 1. The predicted molar refractivity (Wildman–Crippen MR) is 95.9 cm³/mol. The van der Waals surface area contributed by atoms with Gasteiger partial charge in [-0.05, 0) is 5.92 Å². The number of hydrogen-bond donors (Lipinski definition) is 0. The molecule has 0 amide bonds. The number of hydrogen-bond acceptors (Lipinski definition) is 5. The first-order valence-corrected chi connectivity index (χ1v) is 9.47. The van der Waals surface area contributed by atoms with Gasteiger partial charge < -0.3 is 9.64 Å². The summed E-state index contributed by atoms with van der Waals surface area (Å²) in [5.41, 5.74) is 1.67. The van der Waals surface area contributed by atoms with Crippen LogP contribution in [0, 0.1) is 5.92 Å².